The molecule has 0 amide bonds. The van der Waals surface area contributed by atoms with Gasteiger partial charge in [-0.05, 0) is 33.1 Å². The van der Waals surface area contributed by atoms with Gasteiger partial charge in [0.25, 0.3) is 5.95 Å². The molecule has 1 fully saturated rings. The molecule has 0 N–H and O–H groups in total. The van der Waals surface area contributed by atoms with Gasteiger partial charge in [-0.25, -0.2) is 0 Å². The van der Waals surface area contributed by atoms with Crippen molar-refractivity contribution in [1.29, 1.82) is 0 Å². The number of Topliss-reactive ketones (excluding diaryl/α,β-unsaturated/α-hetero) is 1. The Hall–Kier alpha value is -2.58. The van der Waals surface area contributed by atoms with E-state index in [2.05, 4.69) is 37.1 Å². The monoisotopic (exact) mass is 331 g/mol. The molecule has 24 heavy (non-hydrogen) atoms. The first-order chi connectivity index (χ1) is 11.5. The van der Waals surface area contributed by atoms with Gasteiger partial charge in [-0.15, -0.1) is 5.10 Å². The summed E-state index contributed by atoms with van der Waals surface area (Å²) >= 11 is 0. The van der Waals surface area contributed by atoms with Crippen molar-refractivity contribution in [3.8, 4) is 12.0 Å². The molecule has 9 nitrogen and oxygen atoms in total. The molecule has 0 radical (unpaired) electrons. The van der Waals surface area contributed by atoms with E-state index < -0.39 is 0 Å². The van der Waals surface area contributed by atoms with Gasteiger partial charge in [-0.3, -0.25) is 4.79 Å². The first kappa shape index (κ1) is 16.3. The van der Waals surface area contributed by atoms with Gasteiger partial charge in [0.15, 0.2) is 11.5 Å². The third-order valence-electron chi connectivity index (χ3n) is 4.25. The molecule has 0 saturated carbocycles. The molecule has 1 atom stereocenters. The van der Waals surface area contributed by atoms with E-state index in [4.69, 9.17) is 4.74 Å². The molecule has 1 saturated heterocycles. The highest BCUT2D eigenvalue weighted by molar-refractivity contribution is 5.93. The number of hydrogen-bond donors (Lipinski definition) is 0. The molecule has 2 aromatic heterocycles. The van der Waals surface area contributed by atoms with Crippen LogP contribution in [0.1, 0.15) is 49.3 Å². The van der Waals surface area contributed by atoms with Gasteiger partial charge in [0, 0.05) is 19.5 Å². The fourth-order valence-corrected chi connectivity index (χ4v) is 2.89. The fourth-order valence-electron chi connectivity index (χ4n) is 2.89. The van der Waals surface area contributed by atoms with Gasteiger partial charge in [-0.2, -0.15) is 19.6 Å². The molecule has 2 aromatic rings. The van der Waals surface area contributed by atoms with E-state index in [1.54, 1.807) is 6.92 Å². The molecule has 1 aliphatic heterocycles. The number of anilines is 1. The van der Waals surface area contributed by atoms with E-state index in [9.17, 15) is 4.79 Å². The molecular formula is C15H21N7O2. The van der Waals surface area contributed by atoms with Crippen LogP contribution in [-0.2, 0) is 0 Å². The molecule has 0 unspecified atom stereocenters. The van der Waals surface area contributed by atoms with E-state index in [-0.39, 0.29) is 11.8 Å². The van der Waals surface area contributed by atoms with E-state index >= 15 is 0 Å². The maximum atomic E-state index is 11.6. The summed E-state index contributed by atoms with van der Waals surface area (Å²) in [6.07, 6.45) is 3.40. The molecule has 128 valence electrons. The van der Waals surface area contributed by atoms with Crippen LogP contribution >= 0.6 is 0 Å². The van der Waals surface area contributed by atoms with Gasteiger partial charge in [-0.1, -0.05) is 5.21 Å². The Labute approximate surface area is 140 Å². The van der Waals surface area contributed by atoms with Gasteiger partial charge < -0.3 is 9.64 Å². The van der Waals surface area contributed by atoms with Crippen molar-refractivity contribution in [2.45, 2.75) is 46.1 Å². The molecule has 1 aliphatic rings. The predicted octanol–water partition coefficient (Wildman–Crippen LogP) is 1.35. The van der Waals surface area contributed by atoms with Crippen molar-refractivity contribution < 1.29 is 9.53 Å². The quantitative estimate of drug-likeness (QED) is 0.774. The standard InChI is InChI=1S/C15H21N7O2/c1-9-7-5-6-8-21(9)13-16-14(18-15(17-13)24-4)22-10(2)12(11(3)23)19-20-22/h9H,5-8H2,1-4H3/t9-/m1/s1. The van der Waals surface area contributed by atoms with Crippen molar-refractivity contribution in [3.63, 3.8) is 0 Å². The number of rotatable bonds is 4. The number of aromatic nitrogens is 6. The normalized spacial score (nSPS) is 17.8. The van der Waals surface area contributed by atoms with Crippen molar-refractivity contribution in [2.75, 3.05) is 18.6 Å². The Morgan fingerprint density at radius 2 is 1.96 bits per heavy atom. The van der Waals surface area contributed by atoms with Crippen LogP contribution in [0.4, 0.5) is 5.95 Å². The molecule has 0 aliphatic carbocycles. The van der Waals surface area contributed by atoms with Crippen LogP contribution in [0.15, 0.2) is 0 Å². The first-order valence-electron chi connectivity index (χ1n) is 8.01. The van der Waals surface area contributed by atoms with Gasteiger partial charge in [0.1, 0.15) is 0 Å². The lowest BCUT2D eigenvalue weighted by molar-refractivity contribution is 0.101. The summed E-state index contributed by atoms with van der Waals surface area (Å²) in [5, 5.41) is 7.92. The summed E-state index contributed by atoms with van der Waals surface area (Å²) in [5.74, 6) is 0.708. The minimum atomic E-state index is -0.148. The predicted molar refractivity (Wildman–Crippen MR) is 86.7 cm³/mol. The number of carbonyl (C=O) groups excluding carboxylic acids is 1. The molecular weight excluding hydrogens is 310 g/mol. The van der Waals surface area contributed by atoms with Crippen molar-refractivity contribution in [1.82, 2.24) is 29.9 Å². The highest BCUT2D eigenvalue weighted by Gasteiger charge is 2.24. The van der Waals surface area contributed by atoms with Crippen LogP contribution in [0.5, 0.6) is 6.01 Å². The van der Waals surface area contributed by atoms with Crippen LogP contribution in [0, 0.1) is 6.92 Å². The SMILES string of the molecule is COc1nc(N2CCCC[C@H]2C)nc(-n2nnc(C(C)=O)c2C)n1. The molecule has 9 heteroatoms. The number of nitrogens with zero attached hydrogens (tertiary/aromatic N) is 7. The number of methoxy groups -OCH3 is 1. The summed E-state index contributed by atoms with van der Waals surface area (Å²) in [6, 6.07) is 0.565. The highest BCUT2D eigenvalue weighted by atomic mass is 16.5. The lowest BCUT2D eigenvalue weighted by Crippen LogP contribution is -2.39. The molecule has 0 spiro atoms. The minimum absolute atomic E-state index is 0.148. The Morgan fingerprint density at radius 3 is 2.58 bits per heavy atom. The average molecular weight is 331 g/mol. The van der Waals surface area contributed by atoms with Crippen LogP contribution in [-0.4, -0.2) is 55.4 Å². The number of piperidine rings is 1. The van der Waals surface area contributed by atoms with Crippen LogP contribution in [0.2, 0.25) is 0 Å². The zero-order valence-corrected chi connectivity index (χ0v) is 14.4. The first-order valence-corrected chi connectivity index (χ1v) is 8.01. The third-order valence-corrected chi connectivity index (χ3v) is 4.25. The summed E-state index contributed by atoms with van der Waals surface area (Å²) in [5.41, 5.74) is 0.899. The summed E-state index contributed by atoms with van der Waals surface area (Å²) in [4.78, 5) is 26.9. The fraction of sp³-hybridized carbons (Fsp3) is 0.600. The Bertz CT molecular complexity index is 758. The van der Waals surface area contributed by atoms with Crippen molar-refractivity contribution in [2.24, 2.45) is 0 Å². The van der Waals surface area contributed by atoms with Crippen LogP contribution in [0.3, 0.4) is 0 Å². The summed E-state index contributed by atoms with van der Waals surface area (Å²) in [6.45, 7) is 6.26. The van der Waals surface area contributed by atoms with Gasteiger partial charge >= 0.3 is 6.01 Å². The lowest BCUT2D eigenvalue weighted by Gasteiger charge is -2.33. The van der Waals surface area contributed by atoms with E-state index in [0.29, 0.717) is 29.3 Å². The smallest absolute Gasteiger partial charge is 0.322 e. The summed E-state index contributed by atoms with van der Waals surface area (Å²) < 4.78 is 6.66. The van der Waals surface area contributed by atoms with Crippen LogP contribution in [0.25, 0.3) is 5.95 Å². The van der Waals surface area contributed by atoms with E-state index in [1.807, 2.05) is 0 Å². The van der Waals surface area contributed by atoms with Gasteiger partial charge in [0.2, 0.25) is 5.95 Å². The highest BCUT2D eigenvalue weighted by Crippen LogP contribution is 2.23. The molecule has 0 bridgehead atoms. The van der Waals surface area contributed by atoms with E-state index in [1.165, 1.54) is 25.1 Å². The maximum absolute atomic E-state index is 11.6. The number of ether oxygens (including phenoxy) is 1. The van der Waals surface area contributed by atoms with Gasteiger partial charge in [0.05, 0.1) is 12.8 Å². The number of ketones is 1. The third kappa shape index (κ3) is 2.93. The van der Waals surface area contributed by atoms with Crippen molar-refractivity contribution in [3.05, 3.63) is 11.4 Å². The second kappa shape index (κ2) is 6.50. The Morgan fingerprint density at radius 1 is 1.21 bits per heavy atom. The molecule has 3 heterocycles. The zero-order chi connectivity index (χ0) is 17.3. The summed E-state index contributed by atoms with van der Waals surface area (Å²) in [7, 11) is 1.51. The lowest BCUT2D eigenvalue weighted by atomic mass is 10.0. The number of carbonyl (C=O) groups is 1. The van der Waals surface area contributed by atoms with Crippen LogP contribution < -0.4 is 9.64 Å². The average Bonchev–Trinajstić information content (AvgIpc) is 2.96. The topological polar surface area (TPSA) is 98.9 Å². The Balaban J connectivity index is 2.05. The van der Waals surface area contributed by atoms with Crippen molar-refractivity contribution >= 4 is 11.7 Å². The maximum Gasteiger partial charge on any atom is 0.322 e. The minimum Gasteiger partial charge on any atom is -0.467 e. The molecule has 0 aromatic carbocycles. The largest absolute Gasteiger partial charge is 0.467 e. The number of hydrogen-bond acceptors (Lipinski definition) is 8. The van der Waals surface area contributed by atoms with E-state index in [0.717, 1.165) is 19.4 Å². The second-order valence-electron chi connectivity index (χ2n) is 5.95. The second-order valence-corrected chi connectivity index (χ2v) is 5.95. The Kier molecular flexibility index (Phi) is 4.41. The molecule has 3 rings (SSSR count). The zero-order valence-electron chi connectivity index (χ0n) is 14.4.